The summed E-state index contributed by atoms with van der Waals surface area (Å²) in [6.45, 7) is 2.02. The Hall–Kier alpha value is -3.23. The first-order valence-corrected chi connectivity index (χ1v) is 11.3. The van der Waals surface area contributed by atoms with E-state index in [9.17, 15) is 18.5 Å². The van der Waals surface area contributed by atoms with Crippen LogP contribution in [0, 0.1) is 16.0 Å². The van der Waals surface area contributed by atoms with E-state index in [1.54, 1.807) is 7.11 Å². The molecule has 0 aromatic heterocycles. The van der Waals surface area contributed by atoms with Gasteiger partial charge in [-0.25, -0.2) is 13.1 Å². The van der Waals surface area contributed by atoms with E-state index in [1.165, 1.54) is 24.3 Å². The van der Waals surface area contributed by atoms with E-state index in [2.05, 4.69) is 4.72 Å². The Morgan fingerprint density at radius 1 is 0.968 bits per heavy atom. The molecule has 0 unspecified atom stereocenters. The predicted octanol–water partition coefficient (Wildman–Crippen LogP) is 4.40. The van der Waals surface area contributed by atoms with Crippen LogP contribution in [0.25, 0.3) is 0 Å². The van der Waals surface area contributed by atoms with Gasteiger partial charge in [-0.1, -0.05) is 43.3 Å². The van der Waals surface area contributed by atoms with Crippen LogP contribution >= 0.6 is 0 Å². The summed E-state index contributed by atoms with van der Waals surface area (Å²) in [5, 5.41) is 10.9. The molecule has 4 rings (SSSR count). The van der Waals surface area contributed by atoms with E-state index >= 15 is 0 Å². The molecule has 0 amide bonds. The Bertz CT molecular complexity index is 1210. The zero-order valence-electron chi connectivity index (χ0n) is 17.1. The highest BCUT2D eigenvalue weighted by Crippen LogP contribution is 2.49. The third-order valence-corrected chi connectivity index (χ3v) is 7.27. The average molecular weight is 439 g/mol. The van der Waals surface area contributed by atoms with Gasteiger partial charge in [-0.05, 0) is 46.9 Å². The van der Waals surface area contributed by atoms with Gasteiger partial charge in [0.05, 0.1) is 23.0 Å². The van der Waals surface area contributed by atoms with Gasteiger partial charge in [-0.2, -0.15) is 0 Å². The molecule has 1 N–H and O–H groups in total. The number of rotatable bonds is 6. The van der Waals surface area contributed by atoms with E-state index in [-0.39, 0.29) is 22.4 Å². The van der Waals surface area contributed by atoms with Crippen molar-refractivity contribution < 1.29 is 18.1 Å². The van der Waals surface area contributed by atoms with Gasteiger partial charge in [0.15, 0.2) is 0 Å². The minimum absolute atomic E-state index is 0.0158. The van der Waals surface area contributed by atoms with Crippen LogP contribution in [0.15, 0.2) is 77.7 Å². The van der Waals surface area contributed by atoms with Crippen LogP contribution in [-0.2, 0) is 10.0 Å². The lowest BCUT2D eigenvalue weighted by Crippen LogP contribution is -2.31. The van der Waals surface area contributed by atoms with Gasteiger partial charge in [0.25, 0.3) is 5.69 Å². The summed E-state index contributed by atoms with van der Waals surface area (Å²) in [6, 6.07) is 20.1. The van der Waals surface area contributed by atoms with E-state index in [4.69, 9.17) is 4.74 Å². The molecule has 31 heavy (non-hydrogen) atoms. The quantitative estimate of drug-likeness (QED) is 0.454. The topological polar surface area (TPSA) is 98.5 Å². The SMILES string of the molecule is COc1ccc2c(c1)[C@@H](NS(=O)(=O)c1ccc([N+](=O)[O-])cc1)[C@H](C)[C@H]2c1ccccc1. The van der Waals surface area contributed by atoms with Crippen molar-refractivity contribution in [2.75, 3.05) is 7.11 Å². The van der Waals surface area contributed by atoms with Crippen LogP contribution in [0.1, 0.15) is 35.6 Å². The van der Waals surface area contributed by atoms with Crippen molar-refractivity contribution in [3.05, 3.63) is 99.6 Å². The van der Waals surface area contributed by atoms with Gasteiger partial charge in [0, 0.05) is 18.1 Å². The predicted molar refractivity (Wildman–Crippen MR) is 117 cm³/mol. The maximum Gasteiger partial charge on any atom is 0.269 e. The van der Waals surface area contributed by atoms with Crippen LogP contribution < -0.4 is 9.46 Å². The van der Waals surface area contributed by atoms with E-state index < -0.39 is 21.0 Å². The molecule has 0 bridgehead atoms. The Labute approximate surface area is 180 Å². The number of ether oxygens (including phenoxy) is 1. The normalized spacial score (nSPS) is 20.3. The molecule has 0 spiro atoms. The lowest BCUT2D eigenvalue weighted by atomic mass is 9.86. The second-order valence-electron chi connectivity index (χ2n) is 7.59. The largest absolute Gasteiger partial charge is 0.497 e. The van der Waals surface area contributed by atoms with Crippen LogP contribution in [0.3, 0.4) is 0 Å². The first-order valence-electron chi connectivity index (χ1n) is 9.81. The summed E-state index contributed by atoms with van der Waals surface area (Å²) in [7, 11) is -2.33. The molecule has 3 atom stereocenters. The fourth-order valence-electron chi connectivity index (χ4n) is 4.29. The van der Waals surface area contributed by atoms with Crippen molar-refractivity contribution >= 4 is 15.7 Å². The van der Waals surface area contributed by atoms with Crippen LogP contribution in [-0.4, -0.2) is 20.5 Å². The van der Waals surface area contributed by atoms with Gasteiger partial charge < -0.3 is 4.74 Å². The van der Waals surface area contributed by atoms with Crippen molar-refractivity contribution in [3.63, 3.8) is 0 Å². The first-order chi connectivity index (χ1) is 14.8. The molecule has 0 saturated carbocycles. The lowest BCUT2D eigenvalue weighted by Gasteiger charge is -2.23. The molecule has 0 aliphatic heterocycles. The maximum absolute atomic E-state index is 13.1. The number of nitrogens with zero attached hydrogens (tertiary/aromatic N) is 1. The van der Waals surface area contributed by atoms with Crippen LogP contribution in [0.2, 0.25) is 0 Å². The summed E-state index contributed by atoms with van der Waals surface area (Å²) >= 11 is 0. The molecule has 8 heteroatoms. The van der Waals surface area contributed by atoms with Crippen LogP contribution in [0.4, 0.5) is 5.69 Å². The molecule has 1 aliphatic rings. The summed E-state index contributed by atoms with van der Waals surface area (Å²) in [4.78, 5) is 10.3. The molecule has 160 valence electrons. The second kappa shape index (κ2) is 8.13. The zero-order chi connectivity index (χ0) is 22.2. The minimum atomic E-state index is -3.90. The van der Waals surface area contributed by atoms with Gasteiger partial charge in [0.2, 0.25) is 10.0 Å². The fourth-order valence-corrected chi connectivity index (χ4v) is 5.59. The number of nitro groups is 1. The Kier molecular flexibility index (Phi) is 5.51. The fraction of sp³-hybridized carbons (Fsp3) is 0.217. The number of hydrogen-bond acceptors (Lipinski definition) is 5. The van der Waals surface area contributed by atoms with Crippen molar-refractivity contribution in [1.29, 1.82) is 0 Å². The number of methoxy groups -OCH3 is 1. The van der Waals surface area contributed by atoms with E-state index in [0.717, 1.165) is 16.7 Å². The number of nitro benzene ring substituents is 1. The molecule has 0 saturated heterocycles. The van der Waals surface area contributed by atoms with E-state index in [0.29, 0.717) is 5.75 Å². The van der Waals surface area contributed by atoms with Gasteiger partial charge in [-0.15, -0.1) is 0 Å². The molecular formula is C23H22N2O5S. The molecule has 7 nitrogen and oxygen atoms in total. The van der Waals surface area contributed by atoms with Crippen molar-refractivity contribution in [2.24, 2.45) is 5.92 Å². The highest BCUT2D eigenvalue weighted by atomic mass is 32.2. The summed E-state index contributed by atoms with van der Waals surface area (Å²) < 4.78 is 34.4. The smallest absolute Gasteiger partial charge is 0.269 e. The summed E-state index contributed by atoms with van der Waals surface area (Å²) in [5.41, 5.74) is 2.87. The lowest BCUT2D eigenvalue weighted by molar-refractivity contribution is -0.384. The number of non-ortho nitro benzene ring substituents is 1. The Balaban J connectivity index is 1.73. The molecule has 1 aliphatic carbocycles. The molecule has 0 radical (unpaired) electrons. The highest BCUT2D eigenvalue weighted by Gasteiger charge is 2.41. The highest BCUT2D eigenvalue weighted by molar-refractivity contribution is 7.89. The number of benzene rings is 3. The Morgan fingerprint density at radius 2 is 1.65 bits per heavy atom. The van der Waals surface area contributed by atoms with Crippen molar-refractivity contribution in [2.45, 2.75) is 23.8 Å². The summed E-state index contributed by atoms with van der Waals surface area (Å²) in [6.07, 6.45) is 0. The third-order valence-electron chi connectivity index (χ3n) is 5.81. The standard InChI is InChI=1S/C23H22N2O5S/c1-15-22(16-6-4-3-5-7-16)20-13-10-18(30-2)14-21(20)23(15)24-31(28,29)19-11-8-17(9-12-19)25(26)27/h3-15,22-24H,1-2H3/t15-,22+,23+/m1/s1. The first kappa shape index (κ1) is 21.0. The molecule has 0 heterocycles. The number of sulfonamides is 1. The monoisotopic (exact) mass is 438 g/mol. The third kappa shape index (κ3) is 3.92. The van der Waals surface area contributed by atoms with Gasteiger partial charge >= 0.3 is 0 Å². The van der Waals surface area contributed by atoms with Crippen molar-refractivity contribution in [3.8, 4) is 5.75 Å². The zero-order valence-corrected chi connectivity index (χ0v) is 17.9. The number of nitrogens with one attached hydrogen (secondary N) is 1. The molecular weight excluding hydrogens is 416 g/mol. The number of fused-ring (bicyclic) bond motifs is 1. The average Bonchev–Trinajstić information content (AvgIpc) is 3.04. The summed E-state index contributed by atoms with van der Waals surface area (Å²) in [5.74, 6) is 0.614. The minimum Gasteiger partial charge on any atom is -0.497 e. The van der Waals surface area contributed by atoms with Gasteiger partial charge in [0.1, 0.15) is 5.75 Å². The molecule has 0 fully saturated rings. The second-order valence-corrected chi connectivity index (χ2v) is 9.31. The maximum atomic E-state index is 13.1. The van der Waals surface area contributed by atoms with Gasteiger partial charge in [-0.3, -0.25) is 10.1 Å². The van der Waals surface area contributed by atoms with Crippen LogP contribution in [0.5, 0.6) is 5.75 Å². The Morgan fingerprint density at radius 3 is 2.26 bits per heavy atom. The number of hydrogen-bond donors (Lipinski definition) is 1. The molecule has 3 aromatic carbocycles. The molecule has 3 aromatic rings. The van der Waals surface area contributed by atoms with E-state index in [1.807, 2.05) is 55.5 Å². The van der Waals surface area contributed by atoms with Crippen molar-refractivity contribution in [1.82, 2.24) is 4.72 Å².